The number of methoxy groups -OCH3 is 1. The average Bonchev–Trinajstić information content (AvgIpc) is 2.76. The van der Waals surface area contributed by atoms with Gasteiger partial charge in [0.15, 0.2) is 0 Å². The molecule has 12 nitrogen and oxygen atoms in total. The monoisotopic (exact) mass is 502 g/mol. The van der Waals surface area contributed by atoms with E-state index in [9.17, 15) is 19.2 Å². The largest absolute Gasteiger partial charge is 0.444 e. The van der Waals surface area contributed by atoms with Crippen LogP contribution in [0.5, 0.6) is 0 Å². The molecule has 4 amide bonds. The summed E-state index contributed by atoms with van der Waals surface area (Å²) in [5.41, 5.74) is -0.574. The molecule has 4 N–H and O–H groups in total. The van der Waals surface area contributed by atoms with Crippen LogP contribution in [0.25, 0.3) is 0 Å². The van der Waals surface area contributed by atoms with Gasteiger partial charge >= 0.3 is 6.09 Å². The smallest absolute Gasteiger partial charge is 0.410 e. The standard InChI is InChI=1S/C23H46N6O6/c1-18(2)14-27-19(30)15-24-8-9-26-20(31)17-29(12-13-34-7)21(32)16-25-10-11-28(6)22(33)35-23(3,4)5/h18,24-25H,8-17H2,1-7H3,(H,26,31)(H,27,30). The lowest BCUT2D eigenvalue weighted by Gasteiger charge is -2.25. The number of ether oxygens (including phenoxy) is 2. The second-order valence-corrected chi connectivity index (χ2v) is 9.61. The van der Waals surface area contributed by atoms with Gasteiger partial charge in [-0.05, 0) is 26.7 Å². The Balaban J connectivity index is 4.29. The summed E-state index contributed by atoms with van der Waals surface area (Å²) >= 11 is 0. The zero-order valence-electron chi connectivity index (χ0n) is 22.5. The molecule has 0 aliphatic rings. The number of carbonyl (C=O) groups is 4. The molecule has 35 heavy (non-hydrogen) atoms. The second kappa shape index (κ2) is 17.9. The molecule has 0 bridgehead atoms. The van der Waals surface area contributed by atoms with Gasteiger partial charge in [0, 0.05) is 53.4 Å². The number of carbonyl (C=O) groups excluding carboxylic acids is 4. The highest BCUT2D eigenvalue weighted by Gasteiger charge is 2.20. The molecule has 0 aliphatic heterocycles. The van der Waals surface area contributed by atoms with Crippen molar-refractivity contribution in [2.75, 3.05) is 79.7 Å². The van der Waals surface area contributed by atoms with Gasteiger partial charge in [0.25, 0.3) is 0 Å². The fourth-order valence-corrected chi connectivity index (χ4v) is 2.58. The number of hydrogen-bond donors (Lipinski definition) is 4. The topological polar surface area (TPSA) is 141 Å². The normalized spacial score (nSPS) is 11.2. The minimum absolute atomic E-state index is 0.0200. The first kappa shape index (κ1) is 32.6. The van der Waals surface area contributed by atoms with Crippen molar-refractivity contribution in [2.45, 2.75) is 40.2 Å². The highest BCUT2D eigenvalue weighted by atomic mass is 16.6. The minimum Gasteiger partial charge on any atom is -0.444 e. The molecular weight excluding hydrogens is 456 g/mol. The molecule has 0 fully saturated rings. The van der Waals surface area contributed by atoms with Crippen LogP contribution in [0.4, 0.5) is 4.79 Å². The number of rotatable bonds is 17. The molecule has 0 rings (SSSR count). The fraction of sp³-hybridized carbons (Fsp3) is 0.826. The Morgan fingerprint density at radius 1 is 0.886 bits per heavy atom. The van der Waals surface area contributed by atoms with Crippen molar-refractivity contribution in [2.24, 2.45) is 5.92 Å². The number of nitrogens with one attached hydrogen (secondary N) is 4. The van der Waals surface area contributed by atoms with Crippen molar-refractivity contribution < 1.29 is 28.7 Å². The summed E-state index contributed by atoms with van der Waals surface area (Å²) in [7, 11) is 3.15. The molecule has 0 aromatic rings. The quantitative estimate of drug-likeness (QED) is 0.193. The van der Waals surface area contributed by atoms with Crippen molar-refractivity contribution in [1.29, 1.82) is 0 Å². The summed E-state index contributed by atoms with van der Waals surface area (Å²) in [6.07, 6.45) is -0.435. The van der Waals surface area contributed by atoms with Crippen molar-refractivity contribution in [3.05, 3.63) is 0 Å². The van der Waals surface area contributed by atoms with Gasteiger partial charge in [0.1, 0.15) is 5.60 Å². The van der Waals surface area contributed by atoms with Crippen molar-refractivity contribution >= 4 is 23.8 Å². The summed E-state index contributed by atoms with van der Waals surface area (Å²) in [4.78, 5) is 51.3. The van der Waals surface area contributed by atoms with Gasteiger partial charge in [-0.1, -0.05) is 13.8 Å². The van der Waals surface area contributed by atoms with E-state index >= 15 is 0 Å². The first-order chi connectivity index (χ1) is 16.4. The number of amides is 4. The first-order valence-corrected chi connectivity index (χ1v) is 12.0. The molecule has 0 atom stereocenters. The van der Waals surface area contributed by atoms with E-state index in [1.165, 1.54) is 16.9 Å². The third-order valence-electron chi connectivity index (χ3n) is 4.47. The summed E-state index contributed by atoms with van der Waals surface area (Å²) in [5.74, 6) is -0.260. The van der Waals surface area contributed by atoms with Crippen LogP contribution < -0.4 is 21.3 Å². The lowest BCUT2D eigenvalue weighted by atomic mass is 10.2. The third-order valence-corrected chi connectivity index (χ3v) is 4.47. The zero-order chi connectivity index (χ0) is 26.9. The second-order valence-electron chi connectivity index (χ2n) is 9.61. The fourth-order valence-electron chi connectivity index (χ4n) is 2.58. The maximum atomic E-state index is 12.6. The van der Waals surface area contributed by atoms with Gasteiger partial charge < -0.3 is 40.5 Å². The van der Waals surface area contributed by atoms with Crippen molar-refractivity contribution in [3.63, 3.8) is 0 Å². The van der Waals surface area contributed by atoms with Crippen LogP contribution in [0.2, 0.25) is 0 Å². The van der Waals surface area contributed by atoms with Crippen LogP contribution in [0.1, 0.15) is 34.6 Å². The van der Waals surface area contributed by atoms with Gasteiger partial charge in [-0.15, -0.1) is 0 Å². The number of nitrogens with zero attached hydrogens (tertiary/aromatic N) is 2. The summed E-state index contributed by atoms with van der Waals surface area (Å²) in [6, 6.07) is 0. The van der Waals surface area contributed by atoms with E-state index in [1.807, 2.05) is 13.8 Å². The van der Waals surface area contributed by atoms with E-state index in [0.29, 0.717) is 45.2 Å². The Bertz CT molecular complexity index is 653. The zero-order valence-corrected chi connectivity index (χ0v) is 22.5. The van der Waals surface area contributed by atoms with Gasteiger partial charge in [-0.2, -0.15) is 0 Å². The molecule has 0 aliphatic carbocycles. The van der Waals surface area contributed by atoms with E-state index in [1.54, 1.807) is 27.8 Å². The molecule has 0 unspecified atom stereocenters. The summed E-state index contributed by atoms with van der Waals surface area (Å²) in [5, 5.41) is 11.5. The molecule has 12 heteroatoms. The molecule has 0 heterocycles. The van der Waals surface area contributed by atoms with Crippen LogP contribution in [0, 0.1) is 5.92 Å². The van der Waals surface area contributed by atoms with E-state index < -0.39 is 11.7 Å². The Labute approximate surface area is 209 Å². The van der Waals surface area contributed by atoms with Gasteiger partial charge in [-0.3, -0.25) is 14.4 Å². The van der Waals surface area contributed by atoms with Crippen LogP contribution in [0.3, 0.4) is 0 Å². The highest BCUT2D eigenvalue weighted by Crippen LogP contribution is 2.08. The molecule has 0 spiro atoms. The van der Waals surface area contributed by atoms with Gasteiger partial charge in [-0.25, -0.2) is 4.79 Å². The van der Waals surface area contributed by atoms with Crippen molar-refractivity contribution in [1.82, 2.24) is 31.1 Å². The van der Waals surface area contributed by atoms with E-state index in [-0.39, 0.29) is 43.9 Å². The van der Waals surface area contributed by atoms with Crippen LogP contribution in [-0.4, -0.2) is 119 Å². The Kier molecular flexibility index (Phi) is 16.7. The molecular formula is C23H46N6O6. The molecule has 0 aromatic heterocycles. The maximum absolute atomic E-state index is 12.6. The first-order valence-electron chi connectivity index (χ1n) is 12.0. The average molecular weight is 503 g/mol. The Hall–Kier alpha value is -2.44. The molecule has 0 aromatic carbocycles. The van der Waals surface area contributed by atoms with Gasteiger partial charge in [0.2, 0.25) is 17.7 Å². The van der Waals surface area contributed by atoms with Gasteiger partial charge in [0.05, 0.1) is 26.2 Å². The van der Waals surface area contributed by atoms with Crippen LogP contribution in [0.15, 0.2) is 0 Å². The third kappa shape index (κ3) is 18.5. The molecule has 0 saturated heterocycles. The molecule has 0 saturated carbocycles. The van der Waals surface area contributed by atoms with Crippen LogP contribution >= 0.6 is 0 Å². The molecule has 0 radical (unpaired) electrons. The lowest BCUT2D eigenvalue weighted by molar-refractivity contribution is -0.135. The lowest BCUT2D eigenvalue weighted by Crippen LogP contribution is -2.47. The molecule has 204 valence electrons. The number of likely N-dealkylation sites (N-methyl/N-ethyl adjacent to an activating group) is 1. The Morgan fingerprint density at radius 3 is 2.14 bits per heavy atom. The van der Waals surface area contributed by atoms with E-state index in [0.717, 1.165) is 0 Å². The predicted molar refractivity (Wildman–Crippen MR) is 134 cm³/mol. The Morgan fingerprint density at radius 2 is 1.54 bits per heavy atom. The minimum atomic E-state index is -0.574. The van der Waals surface area contributed by atoms with E-state index in [2.05, 4.69) is 21.3 Å². The highest BCUT2D eigenvalue weighted by molar-refractivity contribution is 5.85. The summed E-state index contributed by atoms with van der Waals surface area (Å²) < 4.78 is 10.3. The predicted octanol–water partition coefficient (Wildman–Crippen LogP) is -0.604. The summed E-state index contributed by atoms with van der Waals surface area (Å²) in [6.45, 7) is 12.2. The van der Waals surface area contributed by atoms with Crippen molar-refractivity contribution in [3.8, 4) is 0 Å². The van der Waals surface area contributed by atoms with Crippen LogP contribution in [-0.2, 0) is 23.9 Å². The SMILES string of the molecule is COCCN(CC(=O)NCCNCC(=O)NCC(C)C)C(=O)CNCCN(C)C(=O)OC(C)(C)C. The maximum Gasteiger partial charge on any atom is 0.410 e. The number of hydrogen-bond acceptors (Lipinski definition) is 8. The van der Waals surface area contributed by atoms with E-state index in [4.69, 9.17) is 9.47 Å².